The van der Waals surface area contributed by atoms with Crippen LogP contribution in [0.4, 0.5) is 21.5 Å². The molecule has 1 aliphatic carbocycles. The molecule has 4 aromatic rings. The van der Waals surface area contributed by atoms with Gasteiger partial charge in [0.25, 0.3) is 0 Å². The number of carboxylic acid groups (broad SMARTS) is 2. The molecule has 1 saturated carbocycles. The van der Waals surface area contributed by atoms with Crippen molar-refractivity contribution >= 4 is 63.1 Å². The standard InChI is InChI=1S/C17H18FN3O3.C14H11Cl2NO2/c18-13-7-11-14(8-15(13)20-5-3-19-4-6-20)21(10-1-2-10)9-12(16(11)22)17(23)24;15-10-5-3-6-11(16)14(10)17-12-7-2-1-4-9(12)8-13(18)19/h7-10,19H,1-6H2,(H,23,24);1-7,17H,8H2,(H,18,19)/p+1. The smallest absolute Gasteiger partial charge is 0.341 e. The molecule has 12 heteroatoms. The van der Waals surface area contributed by atoms with E-state index in [1.165, 1.54) is 12.3 Å². The maximum Gasteiger partial charge on any atom is 0.341 e. The highest BCUT2D eigenvalue weighted by atomic mass is 35.5. The summed E-state index contributed by atoms with van der Waals surface area (Å²) in [6.07, 6.45) is 3.24. The summed E-state index contributed by atoms with van der Waals surface area (Å²) >= 11 is 12.1. The van der Waals surface area contributed by atoms with Gasteiger partial charge in [-0.15, -0.1) is 0 Å². The fourth-order valence-corrected chi connectivity index (χ4v) is 5.60. The summed E-state index contributed by atoms with van der Waals surface area (Å²) < 4.78 is 16.5. The summed E-state index contributed by atoms with van der Waals surface area (Å²) in [7, 11) is 0. The van der Waals surface area contributed by atoms with Crippen molar-refractivity contribution in [2.75, 3.05) is 36.4 Å². The number of nitrogens with one attached hydrogen (secondary N) is 1. The van der Waals surface area contributed by atoms with E-state index in [2.05, 4.69) is 10.6 Å². The molecule has 43 heavy (non-hydrogen) atoms. The van der Waals surface area contributed by atoms with Crippen LogP contribution in [0.5, 0.6) is 0 Å². The Morgan fingerprint density at radius 3 is 2.30 bits per heavy atom. The molecule has 9 nitrogen and oxygen atoms in total. The number of aliphatic carboxylic acids is 1. The number of carbonyl (C=O) groups is 2. The molecule has 1 aromatic heterocycles. The first kappa shape index (κ1) is 30.3. The van der Waals surface area contributed by atoms with Crippen molar-refractivity contribution in [2.24, 2.45) is 0 Å². The topological polar surface area (TPSA) is 128 Å². The van der Waals surface area contributed by atoms with Crippen LogP contribution in [-0.4, -0.2) is 52.9 Å². The number of pyridine rings is 1. The summed E-state index contributed by atoms with van der Waals surface area (Å²) in [6, 6.07) is 15.4. The van der Waals surface area contributed by atoms with Gasteiger partial charge in [0.2, 0.25) is 5.43 Å². The second-order valence-corrected chi connectivity index (χ2v) is 11.3. The van der Waals surface area contributed by atoms with E-state index in [1.807, 2.05) is 15.5 Å². The Kier molecular flexibility index (Phi) is 9.19. The van der Waals surface area contributed by atoms with Gasteiger partial charge in [0.15, 0.2) is 0 Å². The lowest BCUT2D eigenvalue weighted by Crippen LogP contribution is -2.89. The van der Waals surface area contributed by atoms with Gasteiger partial charge in [0.05, 0.1) is 59.5 Å². The van der Waals surface area contributed by atoms with E-state index in [4.69, 9.17) is 28.3 Å². The zero-order valence-electron chi connectivity index (χ0n) is 23.0. The molecule has 2 heterocycles. The molecule has 6 rings (SSSR count). The van der Waals surface area contributed by atoms with Crippen LogP contribution in [0.3, 0.4) is 0 Å². The number of para-hydroxylation sites is 2. The predicted molar refractivity (Wildman–Crippen MR) is 165 cm³/mol. The van der Waals surface area contributed by atoms with Gasteiger partial charge < -0.3 is 30.3 Å². The lowest BCUT2D eigenvalue weighted by atomic mass is 10.1. The molecule has 0 amide bonds. The highest BCUT2D eigenvalue weighted by Gasteiger charge is 2.28. The Morgan fingerprint density at radius 2 is 1.67 bits per heavy atom. The van der Waals surface area contributed by atoms with E-state index in [-0.39, 0.29) is 23.4 Å². The normalized spacial score (nSPS) is 14.6. The minimum absolute atomic E-state index is 0.0642. The Bertz CT molecular complexity index is 1730. The molecular formula is C31H30Cl2FN4O5+. The summed E-state index contributed by atoms with van der Waals surface area (Å²) in [4.78, 5) is 36.6. The fraction of sp³-hybridized carbons (Fsp3) is 0.258. The van der Waals surface area contributed by atoms with Crippen molar-refractivity contribution in [3.63, 3.8) is 0 Å². The highest BCUT2D eigenvalue weighted by molar-refractivity contribution is 6.39. The van der Waals surface area contributed by atoms with Gasteiger partial charge in [0.1, 0.15) is 11.4 Å². The Labute approximate surface area is 256 Å². The highest BCUT2D eigenvalue weighted by Crippen LogP contribution is 2.38. The van der Waals surface area contributed by atoms with E-state index in [1.54, 1.807) is 42.5 Å². The van der Waals surface area contributed by atoms with Crippen LogP contribution >= 0.6 is 23.2 Å². The zero-order valence-corrected chi connectivity index (χ0v) is 24.5. The zero-order chi connectivity index (χ0) is 30.7. The number of quaternary nitrogens is 1. The van der Waals surface area contributed by atoms with Gasteiger partial charge in [-0.3, -0.25) is 9.59 Å². The Balaban J connectivity index is 0.000000177. The Morgan fingerprint density at radius 1 is 1.00 bits per heavy atom. The second kappa shape index (κ2) is 13.0. The number of halogens is 3. The lowest BCUT2D eigenvalue weighted by Gasteiger charge is -2.28. The number of benzene rings is 3. The van der Waals surface area contributed by atoms with Gasteiger partial charge >= 0.3 is 11.9 Å². The number of anilines is 3. The fourth-order valence-electron chi connectivity index (χ4n) is 5.11. The summed E-state index contributed by atoms with van der Waals surface area (Å²) in [5.41, 5.74) is 2.13. The van der Waals surface area contributed by atoms with Crippen LogP contribution < -0.4 is 21.0 Å². The molecule has 0 spiro atoms. The number of aromatic carboxylic acids is 1. The monoisotopic (exact) mass is 627 g/mol. The lowest BCUT2D eigenvalue weighted by molar-refractivity contribution is -0.655. The number of piperazine rings is 1. The maximum atomic E-state index is 14.6. The number of aromatic nitrogens is 1. The quantitative estimate of drug-likeness (QED) is 0.229. The van der Waals surface area contributed by atoms with Crippen LogP contribution in [0.2, 0.25) is 10.0 Å². The van der Waals surface area contributed by atoms with Crippen LogP contribution in [0.1, 0.15) is 34.8 Å². The largest absolute Gasteiger partial charge is 0.481 e. The number of carboxylic acids is 2. The maximum absolute atomic E-state index is 14.6. The number of rotatable bonds is 7. The Hall–Kier alpha value is -4.12. The SMILES string of the molecule is O=C(O)Cc1ccccc1Nc1c(Cl)cccc1Cl.O=C(O)c1cn(C2CC2)c2cc(N3CC[NH2+]CC3)c(F)cc2c1=O. The molecule has 1 aliphatic heterocycles. The van der Waals surface area contributed by atoms with Crippen molar-refractivity contribution in [3.8, 4) is 0 Å². The van der Waals surface area contributed by atoms with Crippen LogP contribution in [0.15, 0.2) is 65.6 Å². The van der Waals surface area contributed by atoms with Gasteiger partial charge in [-0.2, -0.15) is 0 Å². The molecule has 0 radical (unpaired) electrons. The van der Waals surface area contributed by atoms with Crippen LogP contribution in [-0.2, 0) is 11.2 Å². The third-order valence-corrected chi connectivity index (χ3v) is 8.03. The van der Waals surface area contributed by atoms with Gasteiger partial charge in [-0.05, 0) is 48.7 Å². The van der Waals surface area contributed by atoms with E-state index >= 15 is 0 Å². The number of hydrogen-bond acceptors (Lipinski definition) is 5. The molecule has 2 fully saturated rings. The van der Waals surface area contributed by atoms with Crippen LogP contribution in [0, 0.1) is 5.82 Å². The molecule has 3 aromatic carbocycles. The minimum atomic E-state index is -1.27. The molecule has 5 N–H and O–H groups in total. The van der Waals surface area contributed by atoms with Gasteiger partial charge in [-0.25, -0.2) is 9.18 Å². The number of hydrogen-bond donors (Lipinski definition) is 4. The average Bonchev–Trinajstić information content (AvgIpc) is 3.82. The van der Waals surface area contributed by atoms with Crippen LogP contribution in [0.25, 0.3) is 10.9 Å². The first-order valence-corrected chi connectivity index (χ1v) is 14.6. The average molecular weight is 629 g/mol. The van der Waals surface area contributed by atoms with Crippen molar-refractivity contribution in [2.45, 2.75) is 25.3 Å². The third kappa shape index (κ3) is 6.93. The number of fused-ring (bicyclic) bond motifs is 1. The second-order valence-electron chi connectivity index (χ2n) is 10.4. The van der Waals surface area contributed by atoms with Crippen molar-refractivity contribution in [3.05, 3.63) is 98.0 Å². The van der Waals surface area contributed by atoms with E-state index in [0.29, 0.717) is 38.2 Å². The summed E-state index contributed by atoms with van der Waals surface area (Å²) in [6.45, 7) is 3.32. The number of nitrogens with two attached hydrogens (primary N) is 1. The van der Waals surface area contributed by atoms with E-state index in [9.17, 15) is 23.9 Å². The van der Waals surface area contributed by atoms with Crippen molar-refractivity contribution < 1.29 is 29.5 Å². The van der Waals surface area contributed by atoms with E-state index < -0.39 is 23.2 Å². The van der Waals surface area contributed by atoms with Crippen molar-refractivity contribution in [1.29, 1.82) is 0 Å². The molecular weight excluding hydrogens is 598 g/mol. The molecule has 2 aliphatic rings. The molecule has 1 saturated heterocycles. The first-order valence-electron chi connectivity index (χ1n) is 13.8. The first-order chi connectivity index (χ1) is 20.6. The minimum Gasteiger partial charge on any atom is -0.481 e. The predicted octanol–water partition coefficient (Wildman–Crippen LogP) is 4.92. The third-order valence-electron chi connectivity index (χ3n) is 7.40. The summed E-state index contributed by atoms with van der Waals surface area (Å²) in [5.74, 6) is -2.63. The molecule has 0 bridgehead atoms. The number of nitrogens with zero attached hydrogens (tertiary/aromatic N) is 2. The van der Waals surface area contributed by atoms with Gasteiger partial charge in [-0.1, -0.05) is 47.5 Å². The van der Waals surface area contributed by atoms with Crippen molar-refractivity contribution in [1.82, 2.24) is 4.57 Å². The molecule has 0 atom stereocenters. The molecule has 224 valence electrons. The molecule has 0 unspecified atom stereocenters. The van der Waals surface area contributed by atoms with E-state index in [0.717, 1.165) is 39.0 Å². The summed E-state index contributed by atoms with van der Waals surface area (Å²) in [5, 5.41) is 24.5. The van der Waals surface area contributed by atoms with Gasteiger partial charge in [0, 0.05) is 23.3 Å².